The number of aliphatic hydroxyl groups excluding tert-OH is 1. The lowest BCUT2D eigenvalue weighted by molar-refractivity contribution is -0.147. The number of hydrogen-bond acceptors (Lipinski definition) is 11. The number of imidazole rings is 1. The van der Waals surface area contributed by atoms with Crippen molar-refractivity contribution in [2.24, 2.45) is 24.6 Å². The number of fused-ring (bicyclic) bond motifs is 3. The molecule has 5 aromatic rings. The molecule has 6 atom stereocenters. The van der Waals surface area contributed by atoms with Crippen LogP contribution in [0.15, 0.2) is 71.5 Å². The second-order valence-corrected chi connectivity index (χ2v) is 24.0. The van der Waals surface area contributed by atoms with Gasteiger partial charge in [0.1, 0.15) is 36.1 Å². The number of aliphatic hydroxyl groups is 1. The highest BCUT2D eigenvalue weighted by Gasteiger charge is 2.47. The number of hydrogen-bond donors (Lipinski definition) is 9. The molecule has 10 N–H and O–H groups in total. The molecule has 24 heteroatoms. The molecule has 1 saturated carbocycles. The molecule has 7 amide bonds. The minimum absolute atomic E-state index is 0.0550. The van der Waals surface area contributed by atoms with Crippen LogP contribution in [-0.4, -0.2) is 129 Å². The number of piperidine rings is 1. The highest BCUT2D eigenvalue weighted by Crippen LogP contribution is 2.40. The number of aromatic nitrogens is 3. The predicted molar refractivity (Wildman–Crippen MR) is 297 cm³/mol. The molecule has 0 bridgehead atoms. The number of carbonyl (C=O) groups is 8. The lowest BCUT2D eigenvalue weighted by Gasteiger charge is -2.40. The smallest absolute Gasteiger partial charge is 0.374 e. The second-order valence-electron chi connectivity index (χ2n) is 22.5. The first kappa shape index (κ1) is 58.2. The molecule has 4 aliphatic rings. The van der Waals surface area contributed by atoms with E-state index in [4.69, 9.17) is 5.73 Å². The van der Waals surface area contributed by atoms with Crippen LogP contribution in [0, 0.1) is 11.8 Å². The van der Waals surface area contributed by atoms with Crippen molar-refractivity contribution in [1.82, 2.24) is 45.2 Å². The van der Waals surface area contributed by atoms with Crippen LogP contribution in [0.2, 0.25) is 0 Å². The zero-order valence-electron chi connectivity index (χ0n) is 45.6. The highest BCUT2D eigenvalue weighted by atomic mass is 31.2. The number of carbonyl (C=O) groups excluding carboxylic acids is 8. The fraction of sp³-hybridized carbons (Fsp3) is 0.491. The van der Waals surface area contributed by atoms with Crippen LogP contribution >= 0.6 is 7.60 Å². The van der Waals surface area contributed by atoms with Crippen molar-refractivity contribution in [3.63, 3.8) is 0 Å². The third-order valence-electron chi connectivity index (χ3n) is 16.7. The monoisotopic (exact) mass is 1130 g/mol. The Balaban J connectivity index is 0.890. The fourth-order valence-corrected chi connectivity index (χ4v) is 12.6. The molecule has 81 heavy (non-hydrogen) atoms. The average molecular weight is 1140 g/mol. The Kier molecular flexibility index (Phi) is 17.5. The van der Waals surface area contributed by atoms with Crippen molar-refractivity contribution in [2.45, 2.75) is 146 Å². The van der Waals surface area contributed by atoms with Crippen molar-refractivity contribution in [3.05, 3.63) is 105 Å². The zero-order valence-corrected chi connectivity index (χ0v) is 46.5. The van der Waals surface area contributed by atoms with Gasteiger partial charge in [0.05, 0.1) is 11.0 Å². The summed E-state index contributed by atoms with van der Waals surface area (Å²) in [6, 6.07) is 13.8. The molecule has 432 valence electrons. The summed E-state index contributed by atoms with van der Waals surface area (Å²) < 4.78 is 14.8. The molecule has 23 nitrogen and oxygen atoms in total. The topological polar surface area (TPSA) is 338 Å². The highest BCUT2D eigenvalue weighted by molar-refractivity contribution is 7.70. The fourth-order valence-electron chi connectivity index (χ4n) is 12.1. The van der Waals surface area contributed by atoms with Gasteiger partial charge in [-0.2, -0.15) is 0 Å². The molecule has 9 rings (SSSR count). The van der Waals surface area contributed by atoms with Gasteiger partial charge in [-0.3, -0.25) is 52.1 Å². The number of aryl methyl sites for hydroxylation is 2. The minimum atomic E-state index is -5.12. The van der Waals surface area contributed by atoms with E-state index in [-0.39, 0.29) is 73.1 Å². The van der Waals surface area contributed by atoms with Crippen LogP contribution in [0.4, 0.5) is 0 Å². The van der Waals surface area contributed by atoms with Crippen molar-refractivity contribution in [1.29, 1.82) is 0 Å². The summed E-state index contributed by atoms with van der Waals surface area (Å²) in [5.74, 6) is -3.58. The normalized spacial score (nSPS) is 22.9. The number of H-pyrrole nitrogens is 1. The van der Waals surface area contributed by atoms with Crippen LogP contribution in [0.5, 0.6) is 0 Å². The van der Waals surface area contributed by atoms with Gasteiger partial charge in [0.15, 0.2) is 0 Å². The van der Waals surface area contributed by atoms with E-state index in [1.807, 2.05) is 42.5 Å². The van der Waals surface area contributed by atoms with E-state index in [2.05, 4.69) is 40.1 Å². The van der Waals surface area contributed by atoms with Crippen molar-refractivity contribution in [2.75, 3.05) is 13.1 Å². The molecular weight excluding hydrogens is 1060 g/mol. The zero-order chi connectivity index (χ0) is 58.0. The maximum Gasteiger partial charge on any atom is 0.396 e. The molecule has 2 aromatic heterocycles. The quantitative estimate of drug-likeness (QED) is 0.0570. The van der Waals surface area contributed by atoms with E-state index in [1.54, 1.807) is 11.9 Å². The Bertz CT molecular complexity index is 3370. The Morgan fingerprint density at radius 3 is 2.26 bits per heavy atom. The molecule has 3 aliphatic heterocycles. The molecule has 4 fully saturated rings. The molecule has 1 aliphatic carbocycles. The van der Waals surface area contributed by atoms with Gasteiger partial charge < -0.3 is 56.7 Å². The number of nitrogens with two attached hydrogens (primary N) is 1. The van der Waals surface area contributed by atoms with E-state index in [1.165, 1.54) is 38.3 Å². The van der Waals surface area contributed by atoms with Crippen LogP contribution in [0.3, 0.4) is 0 Å². The van der Waals surface area contributed by atoms with E-state index in [9.17, 15) is 57.8 Å². The first-order chi connectivity index (χ1) is 38.5. The summed E-state index contributed by atoms with van der Waals surface area (Å²) in [4.78, 5) is 148. The van der Waals surface area contributed by atoms with Gasteiger partial charge in [-0.1, -0.05) is 44.2 Å². The molecule has 3 saturated heterocycles. The van der Waals surface area contributed by atoms with Gasteiger partial charge >= 0.3 is 13.3 Å². The minimum Gasteiger partial charge on any atom is -0.374 e. The van der Waals surface area contributed by atoms with E-state index >= 15 is 4.79 Å². The Hall–Kier alpha value is -7.46. The maximum absolute atomic E-state index is 15.1. The van der Waals surface area contributed by atoms with Gasteiger partial charge in [0, 0.05) is 61.5 Å². The summed E-state index contributed by atoms with van der Waals surface area (Å²) in [7, 11) is -3.45. The van der Waals surface area contributed by atoms with Gasteiger partial charge in [0.25, 0.3) is 11.4 Å². The summed E-state index contributed by atoms with van der Waals surface area (Å²) >= 11 is 0. The lowest BCUT2D eigenvalue weighted by atomic mass is 9.79. The summed E-state index contributed by atoms with van der Waals surface area (Å²) in [6.07, 6.45) is 4.59. The maximum atomic E-state index is 15.1. The number of aromatic amines is 1. The molecule has 0 spiro atoms. The first-order valence-corrected chi connectivity index (χ1v) is 29.4. The molecule has 5 heterocycles. The summed E-state index contributed by atoms with van der Waals surface area (Å²) in [5, 5.41) is 21.2. The predicted octanol–water partition coefficient (Wildman–Crippen LogP) is 3.23. The van der Waals surface area contributed by atoms with E-state index in [0.29, 0.717) is 66.9 Å². The van der Waals surface area contributed by atoms with Crippen molar-refractivity contribution >= 4 is 76.4 Å². The van der Waals surface area contributed by atoms with Gasteiger partial charge in [-0.25, -0.2) is 4.79 Å². The second kappa shape index (κ2) is 24.3. The number of benzene rings is 3. The van der Waals surface area contributed by atoms with E-state index in [0.717, 1.165) is 42.4 Å². The Morgan fingerprint density at radius 1 is 0.840 bits per heavy atom. The third-order valence-corrected chi connectivity index (χ3v) is 17.5. The molecule has 0 radical (unpaired) electrons. The summed E-state index contributed by atoms with van der Waals surface area (Å²) in [6.45, 7) is 4.26. The first-order valence-electron chi connectivity index (χ1n) is 27.8. The van der Waals surface area contributed by atoms with Gasteiger partial charge in [-0.15, -0.1) is 0 Å². The summed E-state index contributed by atoms with van der Waals surface area (Å²) in [5.41, 5.74) is 8.11. The third kappa shape index (κ3) is 13.0. The van der Waals surface area contributed by atoms with Crippen molar-refractivity contribution < 1.29 is 57.8 Å². The largest absolute Gasteiger partial charge is 0.396 e. The van der Waals surface area contributed by atoms with Crippen molar-refractivity contribution in [3.8, 4) is 0 Å². The number of nitrogens with one attached hydrogen (secondary N) is 5. The number of primary amides is 1. The van der Waals surface area contributed by atoms with Crippen LogP contribution in [0.1, 0.15) is 140 Å². The van der Waals surface area contributed by atoms with Gasteiger partial charge in [0.2, 0.25) is 35.4 Å². The number of rotatable bonds is 18. The average Bonchev–Trinajstić information content (AvgIpc) is 4.26. The van der Waals surface area contributed by atoms with Crippen LogP contribution in [0.25, 0.3) is 21.9 Å². The lowest BCUT2D eigenvalue weighted by Crippen LogP contribution is -2.62. The SMILES string of the molecule is CC(C)c1ccc(CNC(=O)[C@H](CCC(N)=O)NC(=O)[C@@H]2CC[C@@H]3CCN(C(=O)C4CCC(CCc5ccc6c(c5)n(C)c(=O)n6C5CCC(O)NC5=O)CC4)C[C@H](NC(=O)c4cc5cc(C(=O)P(=O)(O)O)ccc5[nH]4)C(=O)N32)cc1. The van der Waals surface area contributed by atoms with Crippen LogP contribution < -0.4 is 32.7 Å². The number of nitrogens with zero attached hydrogens (tertiary/aromatic N) is 4. The Morgan fingerprint density at radius 2 is 1.57 bits per heavy atom. The standard InChI is InChI=1S/C57H71N10O13P/c1-31(2)35-11-8-34(9-12-35)29-59-50(70)41(18-22-48(58)68)61-52(72)45-20-16-39-24-25-65(30-43(55(75)66(39)45)62-51(71)42-28-38-27-37(15-17-40(38)60-42)56(76)81(78,79)80)54(74)36-13-6-32(7-14-36)4-5-33-10-19-44-47(26-33)64(3)57(77)67(44)46-21-23-49(69)63-53(46)73/h8-12,15,17,19,26-28,31-32,36,39,41,43,45-46,49,60,69H,4-7,13-14,16,18,20-25,29-30H2,1-3H3,(H2,58,68)(H,59,70)(H,61,72)(H,62,71)(H,63,73)(H2,78,79,80)/t32?,36?,39-,41+,43+,45+,46?,49?/m1/s1. The molecular formula is C57H71N10O13P. The molecule has 2 unspecified atom stereocenters. The van der Waals surface area contributed by atoms with Gasteiger partial charge in [-0.05, 0) is 142 Å². The van der Waals surface area contributed by atoms with Crippen LogP contribution in [-0.2, 0) is 53.3 Å². The number of amides is 7. The Labute approximate surface area is 466 Å². The molecule has 3 aromatic carbocycles. The van der Waals surface area contributed by atoms with E-state index < -0.39 is 85.0 Å².